The van der Waals surface area contributed by atoms with Gasteiger partial charge in [-0.15, -0.1) is 0 Å². The van der Waals surface area contributed by atoms with Crippen LogP contribution in [0.3, 0.4) is 0 Å². The third kappa shape index (κ3) is 4.16. The van der Waals surface area contributed by atoms with Crippen molar-refractivity contribution in [3.05, 3.63) is 0 Å². The van der Waals surface area contributed by atoms with Crippen LogP contribution in [0.1, 0.15) is 61.8 Å². The van der Waals surface area contributed by atoms with Gasteiger partial charge in [0, 0.05) is 12.0 Å². The van der Waals surface area contributed by atoms with Crippen LogP contribution in [0.15, 0.2) is 0 Å². The van der Waals surface area contributed by atoms with Crippen molar-refractivity contribution in [2.24, 2.45) is 5.41 Å². The largest absolute Gasteiger partial charge is 0.415 e. The van der Waals surface area contributed by atoms with Gasteiger partial charge in [-0.2, -0.15) is 5.26 Å². The molecule has 0 aromatic rings. The number of hydrogen-bond acceptors (Lipinski definition) is 3. The molecule has 0 amide bonds. The van der Waals surface area contributed by atoms with Gasteiger partial charge in [0.05, 0.1) is 12.5 Å². The van der Waals surface area contributed by atoms with Crippen LogP contribution in [0.5, 0.6) is 0 Å². The van der Waals surface area contributed by atoms with Crippen molar-refractivity contribution in [2.75, 3.05) is 6.61 Å². The SMILES string of the molecule is CC(C)[Si](OCC(C)(C)C(=O)CC#N)(C(C)C)C(C)C. The van der Waals surface area contributed by atoms with Crippen molar-refractivity contribution in [3.63, 3.8) is 0 Å². The molecule has 0 saturated heterocycles. The minimum absolute atomic E-state index is 0.0285. The van der Waals surface area contributed by atoms with Crippen LogP contribution in [-0.2, 0) is 9.22 Å². The quantitative estimate of drug-likeness (QED) is 0.611. The van der Waals surface area contributed by atoms with Crippen LogP contribution in [-0.4, -0.2) is 20.7 Å². The molecule has 0 bridgehead atoms. The van der Waals surface area contributed by atoms with E-state index in [1.807, 2.05) is 19.9 Å². The van der Waals surface area contributed by atoms with Crippen molar-refractivity contribution in [1.82, 2.24) is 0 Å². The van der Waals surface area contributed by atoms with Crippen LogP contribution in [0.4, 0.5) is 0 Å². The van der Waals surface area contributed by atoms with Crippen LogP contribution >= 0.6 is 0 Å². The lowest BCUT2D eigenvalue weighted by Crippen LogP contribution is -2.50. The molecule has 0 aliphatic carbocycles. The van der Waals surface area contributed by atoms with Crippen LogP contribution in [0.25, 0.3) is 0 Å². The molecule has 0 heterocycles. The second-order valence-electron chi connectivity index (χ2n) is 7.25. The molecule has 0 fully saturated rings. The smallest absolute Gasteiger partial charge is 0.200 e. The van der Waals surface area contributed by atoms with Gasteiger partial charge in [-0.05, 0) is 16.6 Å². The van der Waals surface area contributed by atoms with E-state index in [-0.39, 0.29) is 12.2 Å². The Hall–Kier alpha value is -0.663. The Morgan fingerprint density at radius 2 is 1.50 bits per heavy atom. The van der Waals surface area contributed by atoms with Gasteiger partial charge in [0.2, 0.25) is 0 Å². The van der Waals surface area contributed by atoms with E-state index < -0.39 is 13.7 Å². The Labute approximate surface area is 125 Å². The predicted molar refractivity (Wildman–Crippen MR) is 86.0 cm³/mol. The molecular formula is C16H31NO2Si. The van der Waals surface area contributed by atoms with Gasteiger partial charge in [0.15, 0.2) is 14.1 Å². The Balaban J connectivity index is 5.14. The summed E-state index contributed by atoms with van der Waals surface area (Å²) in [5, 5.41) is 8.69. The fraction of sp³-hybridized carbons (Fsp3) is 0.875. The summed E-state index contributed by atoms with van der Waals surface area (Å²) in [6, 6.07) is 1.95. The van der Waals surface area contributed by atoms with Gasteiger partial charge in [-0.25, -0.2) is 0 Å². The summed E-state index contributed by atoms with van der Waals surface area (Å²) in [6.07, 6.45) is -0.0318. The highest BCUT2D eigenvalue weighted by Gasteiger charge is 2.46. The molecular weight excluding hydrogens is 266 g/mol. The first-order valence-corrected chi connectivity index (χ1v) is 9.70. The van der Waals surface area contributed by atoms with E-state index in [9.17, 15) is 4.79 Å². The molecule has 0 aliphatic rings. The second kappa shape index (κ2) is 7.38. The normalized spacial score (nSPS) is 13.1. The number of Topliss-reactive ketones (excluding diaryl/α,β-unsaturated/α-hetero) is 1. The zero-order chi connectivity index (χ0) is 16.1. The molecule has 0 spiro atoms. The molecule has 0 atom stereocenters. The molecule has 4 heteroatoms. The molecule has 0 rings (SSSR count). The third-order valence-corrected chi connectivity index (χ3v) is 10.4. The first kappa shape index (κ1) is 19.3. The molecule has 0 N–H and O–H groups in total. The lowest BCUT2D eigenvalue weighted by atomic mass is 9.88. The molecule has 0 aliphatic heterocycles. The number of hydrogen-bond donors (Lipinski definition) is 0. The van der Waals surface area contributed by atoms with Gasteiger partial charge in [0.1, 0.15) is 0 Å². The van der Waals surface area contributed by atoms with E-state index in [1.165, 1.54) is 0 Å². The maximum absolute atomic E-state index is 12.0. The second-order valence-corrected chi connectivity index (χ2v) is 12.7. The topological polar surface area (TPSA) is 50.1 Å². The summed E-state index contributed by atoms with van der Waals surface area (Å²) >= 11 is 0. The number of ketones is 1. The summed E-state index contributed by atoms with van der Waals surface area (Å²) in [5.41, 5.74) is 0.935. The average molecular weight is 298 g/mol. The summed E-state index contributed by atoms with van der Waals surface area (Å²) < 4.78 is 6.45. The number of nitrogens with zero attached hydrogens (tertiary/aromatic N) is 1. The Morgan fingerprint density at radius 1 is 1.10 bits per heavy atom. The summed E-state index contributed by atoms with van der Waals surface area (Å²) in [7, 11) is -1.94. The van der Waals surface area contributed by atoms with Crippen molar-refractivity contribution in [3.8, 4) is 6.07 Å². The monoisotopic (exact) mass is 297 g/mol. The van der Waals surface area contributed by atoms with Gasteiger partial charge in [-0.3, -0.25) is 4.79 Å². The lowest BCUT2D eigenvalue weighted by molar-refractivity contribution is -0.127. The van der Waals surface area contributed by atoms with Crippen molar-refractivity contribution in [1.29, 1.82) is 5.26 Å². The number of carbonyl (C=O) groups is 1. The Morgan fingerprint density at radius 3 is 1.80 bits per heavy atom. The summed E-state index contributed by atoms with van der Waals surface area (Å²) in [5.74, 6) is -0.0285. The minimum Gasteiger partial charge on any atom is -0.415 e. The van der Waals surface area contributed by atoms with Crippen LogP contribution in [0, 0.1) is 16.7 Å². The van der Waals surface area contributed by atoms with E-state index in [1.54, 1.807) is 0 Å². The highest BCUT2D eigenvalue weighted by Crippen LogP contribution is 2.43. The maximum Gasteiger partial charge on any atom is 0.200 e. The van der Waals surface area contributed by atoms with Crippen LogP contribution in [0.2, 0.25) is 16.6 Å². The average Bonchev–Trinajstić information content (AvgIpc) is 2.28. The van der Waals surface area contributed by atoms with E-state index in [2.05, 4.69) is 41.5 Å². The molecule has 0 unspecified atom stereocenters. The summed E-state index contributed by atoms with van der Waals surface area (Å²) in [6.45, 7) is 17.6. The fourth-order valence-electron chi connectivity index (χ4n) is 3.20. The zero-order valence-corrected chi connectivity index (χ0v) is 15.4. The van der Waals surface area contributed by atoms with Gasteiger partial charge >= 0.3 is 0 Å². The molecule has 0 saturated carbocycles. The third-order valence-electron chi connectivity index (χ3n) is 4.38. The minimum atomic E-state index is -1.94. The lowest BCUT2D eigenvalue weighted by Gasteiger charge is -2.43. The highest BCUT2D eigenvalue weighted by molar-refractivity contribution is 6.77. The van der Waals surface area contributed by atoms with Crippen molar-refractivity contribution < 1.29 is 9.22 Å². The van der Waals surface area contributed by atoms with Gasteiger partial charge < -0.3 is 4.43 Å². The maximum atomic E-state index is 12.0. The van der Waals surface area contributed by atoms with Crippen molar-refractivity contribution in [2.45, 2.75) is 78.4 Å². The Kier molecular flexibility index (Phi) is 7.13. The number of rotatable bonds is 8. The molecule has 0 radical (unpaired) electrons. The van der Waals surface area contributed by atoms with E-state index in [4.69, 9.17) is 9.69 Å². The van der Waals surface area contributed by atoms with E-state index in [0.717, 1.165) is 0 Å². The van der Waals surface area contributed by atoms with E-state index in [0.29, 0.717) is 23.2 Å². The Bertz CT molecular complexity index is 345. The van der Waals surface area contributed by atoms with E-state index >= 15 is 0 Å². The standard InChI is InChI=1S/C16H31NO2Si/c1-12(2)20(13(3)4,14(5)6)19-11-16(7,8)15(18)9-10-17/h12-14H,9,11H2,1-8H3. The summed E-state index contributed by atoms with van der Waals surface area (Å²) in [4.78, 5) is 12.0. The first-order valence-electron chi connectivity index (χ1n) is 7.56. The number of nitriles is 1. The first-order chi connectivity index (χ1) is 9.02. The fourth-order valence-corrected chi connectivity index (χ4v) is 8.81. The molecule has 116 valence electrons. The van der Waals surface area contributed by atoms with Gasteiger partial charge in [-0.1, -0.05) is 55.4 Å². The molecule has 0 aromatic carbocycles. The highest BCUT2D eigenvalue weighted by atomic mass is 28.4. The molecule has 0 aromatic heterocycles. The van der Waals surface area contributed by atoms with Crippen molar-refractivity contribution >= 4 is 14.1 Å². The van der Waals surface area contributed by atoms with Crippen LogP contribution < -0.4 is 0 Å². The molecule has 20 heavy (non-hydrogen) atoms. The van der Waals surface area contributed by atoms with Gasteiger partial charge in [0.25, 0.3) is 0 Å². The molecule has 3 nitrogen and oxygen atoms in total. The number of carbonyl (C=O) groups excluding carboxylic acids is 1. The predicted octanol–water partition coefficient (Wildman–Crippen LogP) is 4.69. The zero-order valence-electron chi connectivity index (χ0n) is 14.4.